The molecular weight excluding hydrogens is 372 g/mol. The molecule has 0 atom stereocenters. The van der Waals surface area contributed by atoms with Crippen LogP contribution in [0.3, 0.4) is 0 Å². The molecule has 29 heavy (non-hydrogen) atoms. The van der Waals surface area contributed by atoms with Gasteiger partial charge in [0.05, 0.1) is 60.2 Å². The van der Waals surface area contributed by atoms with Crippen molar-refractivity contribution in [3.63, 3.8) is 0 Å². The standard InChI is InChI=1S/C22H28N2O5/c1-26-18-8-5-16(6-9-18)22(25)24-13-11-23(12-14-24)15-17-7-10-19(27-2)21(29-4)20(17)28-3/h5-10H,11-15H2,1-4H3/p+1. The lowest BCUT2D eigenvalue weighted by Crippen LogP contribution is -3.13. The van der Waals surface area contributed by atoms with Gasteiger partial charge in [-0.05, 0) is 36.4 Å². The summed E-state index contributed by atoms with van der Waals surface area (Å²) in [7, 11) is 6.48. The third-order valence-corrected chi connectivity index (χ3v) is 5.32. The van der Waals surface area contributed by atoms with Gasteiger partial charge in [0, 0.05) is 5.56 Å². The lowest BCUT2D eigenvalue weighted by molar-refractivity contribution is -0.917. The van der Waals surface area contributed by atoms with E-state index < -0.39 is 0 Å². The van der Waals surface area contributed by atoms with Crippen molar-refractivity contribution in [1.29, 1.82) is 0 Å². The van der Waals surface area contributed by atoms with Crippen LogP contribution in [-0.4, -0.2) is 65.4 Å². The van der Waals surface area contributed by atoms with Gasteiger partial charge in [-0.15, -0.1) is 0 Å². The molecule has 0 radical (unpaired) electrons. The Morgan fingerprint density at radius 1 is 0.862 bits per heavy atom. The molecule has 3 rings (SSSR count). The molecule has 0 aromatic heterocycles. The first-order chi connectivity index (χ1) is 14.1. The van der Waals surface area contributed by atoms with Crippen LogP contribution < -0.4 is 23.8 Å². The highest BCUT2D eigenvalue weighted by Gasteiger charge is 2.26. The van der Waals surface area contributed by atoms with Crippen LogP contribution in [-0.2, 0) is 6.54 Å². The number of benzene rings is 2. The topological polar surface area (TPSA) is 61.7 Å². The lowest BCUT2D eigenvalue weighted by Gasteiger charge is -2.32. The van der Waals surface area contributed by atoms with Crippen molar-refractivity contribution in [3.05, 3.63) is 47.5 Å². The van der Waals surface area contributed by atoms with Crippen LogP contribution in [0.4, 0.5) is 0 Å². The van der Waals surface area contributed by atoms with Gasteiger partial charge < -0.3 is 28.7 Å². The van der Waals surface area contributed by atoms with Crippen molar-refractivity contribution in [2.24, 2.45) is 0 Å². The summed E-state index contributed by atoms with van der Waals surface area (Å²) in [6.45, 7) is 3.98. The minimum absolute atomic E-state index is 0.0652. The third kappa shape index (κ3) is 4.56. The molecule has 2 aromatic rings. The van der Waals surface area contributed by atoms with Crippen molar-refractivity contribution in [1.82, 2.24) is 4.90 Å². The van der Waals surface area contributed by atoms with Crippen LogP contribution in [0.5, 0.6) is 23.0 Å². The number of hydrogen-bond donors (Lipinski definition) is 1. The van der Waals surface area contributed by atoms with Crippen LogP contribution >= 0.6 is 0 Å². The van der Waals surface area contributed by atoms with Crippen molar-refractivity contribution < 1.29 is 28.6 Å². The number of carbonyl (C=O) groups excluding carboxylic acids is 1. The summed E-state index contributed by atoms with van der Waals surface area (Å²) in [5.41, 5.74) is 1.76. The largest absolute Gasteiger partial charge is 0.497 e. The number of methoxy groups -OCH3 is 4. The molecule has 0 unspecified atom stereocenters. The Kier molecular flexibility index (Phi) is 6.82. The number of carbonyl (C=O) groups is 1. The molecule has 1 saturated heterocycles. The summed E-state index contributed by atoms with van der Waals surface area (Å²) in [6.07, 6.45) is 0. The Hall–Kier alpha value is -2.93. The quantitative estimate of drug-likeness (QED) is 0.757. The Morgan fingerprint density at radius 2 is 1.52 bits per heavy atom. The zero-order chi connectivity index (χ0) is 20.8. The Bertz CT molecular complexity index is 830. The number of nitrogens with zero attached hydrogens (tertiary/aromatic N) is 1. The second-order valence-electron chi connectivity index (χ2n) is 6.94. The highest BCUT2D eigenvalue weighted by atomic mass is 16.5. The van der Waals surface area contributed by atoms with E-state index in [-0.39, 0.29) is 5.91 Å². The predicted octanol–water partition coefficient (Wildman–Crippen LogP) is 1.26. The smallest absolute Gasteiger partial charge is 0.254 e. The van der Waals surface area contributed by atoms with Gasteiger partial charge in [0.15, 0.2) is 11.5 Å². The molecule has 0 bridgehead atoms. The number of ether oxygens (including phenoxy) is 4. The molecule has 7 heteroatoms. The average molecular weight is 401 g/mol. The predicted molar refractivity (Wildman–Crippen MR) is 109 cm³/mol. The molecule has 7 nitrogen and oxygen atoms in total. The summed E-state index contributed by atoms with van der Waals surface area (Å²) in [6, 6.07) is 11.2. The van der Waals surface area contributed by atoms with Gasteiger partial charge >= 0.3 is 0 Å². The van der Waals surface area contributed by atoms with Crippen LogP contribution in [0.15, 0.2) is 36.4 Å². The van der Waals surface area contributed by atoms with Gasteiger partial charge in [-0.3, -0.25) is 4.79 Å². The summed E-state index contributed by atoms with van der Waals surface area (Å²) in [5, 5.41) is 0. The molecule has 1 N–H and O–H groups in total. The molecule has 1 heterocycles. The Balaban J connectivity index is 1.63. The van der Waals surface area contributed by atoms with Crippen molar-refractivity contribution in [3.8, 4) is 23.0 Å². The second-order valence-corrected chi connectivity index (χ2v) is 6.94. The molecule has 1 aliphatic rings. The molecule has 0 aliphatic carbocycles. The number of nitrogens with one attached hydrogen (secondary N) is 1. The van der Waals surface area contributed by atoms with Gasteiger partial charge in [-0.1, -0.05) is 0 Å². The first-order valence-electron chi connectivity index (χ1n) is 9.66. The summed E-state index contributed by atoms with van der Waals surface area (Å²) in [5.74, 6) is 2.78. The number of quaternary nitrogens is 1. The number of piperazine rings is 1. The Labute approximate surface area is 171 Å². The molecule has 156 valence electrons. The van der Waals surface area contributed by atoms with Crippen molar-refractivity contribution in [2.45, 2.75) is 6.54 Å². The normalized spacial score (nSPS) is 14.4. The maximum absolute atomic E-state index is 12.7. The van der Waals surface area contributed by atoms with Crippen LogP contribution in [0.25, 0.3) is 0 Å². The van der Waals surface area contributed by atoms with E-state index in [2.05, 4.69) is 0 Å². The van der Waals surface area contributed by atoms with E-state index in [9.17, 15) is 4.79 Å². The zero-order valence-corrected chi connectivity index (χ0v) is 17.5. The lowest BCUT2D eigenvalue weighted by atomic mass is 10.1. The number of amides is 1. The van der Waals surface area contributed by atoms with Gasteiger partial charge in [0.25, 0.3) is 5.91 Å². The van der Waals surface area contributed by atoms with Gasteiger partial charge in [-0.2, -0.15) is 0 Å². The minimum Gasteiger partial charge on any atom is -0.497 e. The highest BCUT2D eigenvalue weighted by molar-refractivity contribution is 5.94. The first kappa shape index (κ1) is 20.8. The number of hydrogen-bond acceptors (Lipinski definition) is 5. The SMILES string of the molecule is COc1ccc(C(=O)N2CC[NH+](Cc3ccc(OC)c(OC)c3OC)CC2)cc1. The molecule has 0 saturated carbocycles. The van der Waals surface area contributed by atoms with E-state index in [1.165, 1.54) is 4.90 Å². The highest BCUT2D eigenvalue weighted by Crippen LogP contribution is 2.39. The maximum Gasteiger partial charge on any atom is 0.254 e. The van der Waals surface area contributed by atoms with Gasteiger partial charge in [0.1, 0.15) is 12.3 Å². The molecular formula is C22H29N2O5+. The summed E-state index contributed by atoms with van der Waals surface area (Å²) >= 11 is 0. The first-order valence-corrected chi connectivity index (χ1v) is 9.66. The number of rotatable bonds is 7. The summed E-state index contributed by atoms with van der Waals surface area (Å²) < 4.78 is 21.6. The minimum atomic E-state index is 0.0652. The second kappa shape index (κ2) is 9.52. The van der Waals surface area contributed by atoms with E-state index >= 15 is 0 Å². The molecule has 1 amide bonds. The van der Waals surface area contributed by atoms with Crippen molar-refractivity contribution >= 4 is 5.91 Å². The third-order valence-electron chi connectivity index (χ3n) is 5.32. The fourth-order valence-electron chi connectivity index (χ4n) is 3.69. The van der Waals surface area contributed by atoms with E-state index in [0.29, 0.717) is 22.8 Å². The van der Waals surface area contributed by atoms with Crippen LogP contribution in [0.1, 0.15) is 15.9 Å². The van der Waals surface area contributed by atoms with Crippen molar-refractivity contribution in [2.75, 3.05) is 54.6 Å². The Morgan fingerprint density at radius 3 is 2.07 bits per heavy atom. The van der Waals surface area contributed by atoms with E-state index in [1.54, 1.807) is 28.4 Å². The van der Waals surface area contributed by atoms with Crippen LogP contribution in [0.2, 0.25) is 0 Å². The molecule has 2 aromatic carbocycles. The summed E-state index contributed by atoms with van der Waals surface area (Å²) in [4.78, 5) is 16.1. The van der Waals surface area contributed by atoms with E-state index in [4.69, 9.17) is 18.9 Å². The van der Waals surface area contributed by atoms with E-state index in [1.807, 2.05) is 41.3 Å². The maximum atomic E-state index is 12.7. The molecule has 1 fully saturated rings. The van der Waals surface area contributed by atoms with Gasteiger partial charge in [0.2, 0.25) is 5.75 Å². The van der Waals surface area contributed by atoms with Crippen LogP contribution in [0, 0.1) is 0 Å². The molecule has 0 spiro atoms. The monoisotopic (exact) mass is 401 g/mol. The zero-order valence-electron chi connectivity index (χ0n) is 17.5. The average Bonchev–Trinajstić information content (AvgIpc) is 2.78. The molecule has 1 aliphatic heterocycles. The van der Waals surface area contributed by atoms with Gasteiger partial charge in [-0.25, -0.2) is 0 Å². The fraction of sp³-hybridized carbons (Fsp3) is 0.409. The fourth-order valence-corrected chi connectivity index (χ4v) is 3.69. The van der Waals surface area contributed by atoms with E-state index in [0.717, 1.165) is 44.0 Å².